The molecule has 0 unspecified atom stereocenters. The van der Waals surface area contributed by atoms with Crippen LogP contribution in [0.25, 0.3) is 0 Å². The van der Waals surface area contributed by atoms with Crippen LogP contribution in [0.3, 0.4) is 0 Å². The van der Waals surface area contributed by atoms with Crippen molar-refractivity contribution in [2.24, 2.45) is 0 Å². The highest BCUT2D eigenvalue weighted by molar-refractivity contribution is 5.99. The number of carbonyl (C=O) groups excluding carboxylic acids is 1. The van der Waals surface area contributed by atoms with E-state index < -0.39 is 0 Å². The molecule has 5 nitrogen and oxygen atoms in total. The molecule has 0 bridgehead atoms. The van der Waals surface area contributed by atoms with Gasteiger partial charge in [-0.15, -0.1) is 0 Å². The maximum absolute atomic E-state index is 11.8. The number of ketones is 1. The maximum atomic E-state index is 11.8. The van der Waals surface area contributed by atoms with E-state index in [-0.39, 0.29) is 12.4 Å². The van der Waals surface area contributed by atoms with Crippen LogP contribution in [0.4, 0.5) is 0 Å². The first-order chi connectivity index (χ1) is 9.24. The SMILES string of the molecule is Cc1noc(COc2cccc3c2CCCC3=O)n1. The Morgan fingerprint density at radius 3 is 3.05 bits per heavy atom. The van der Waals surface area contributed by atoms with Gasteiger partial charge in [-0.05, 0) is 25.8 Å². The number of hydrogen-bond donors (Lipinski definition) is 0. The van der Waals surface area contributed by atoms with Crippen LogP contribution in [0.2, 0.25) is 0 Å². The number of hydrogen-bond acceptors (Lipinski definition) is 5. The molecule has 3 rings (SSSR count). The van der Waals surface area contributed by atoms with Crippen molar-refractivity contribution in [3.63, 3.8) is 0 Å². The van der Waals surface area contributed by atoms with Gasteiger partial charge in [0.1, 0.15) is 5.75 Å². The fourth-order valence-corrected chi connectivity index (χ4v) is 2.32. The van der Waals surface area contributed by atoms with E-state index in [0.717, 1.165) is 29.7 Å². The Balaban J connectivity index is 1.81. The van der Waals surface area contributed by atoms with Crippen molar-refractivity contribution in [3.8, 4) is 5.75 Å². The second-order valence-corrected chi connectivity index (χ2v) is 4.58. The summed E-state index contributed by atoms with van der Waals surface area (Å²) in [5, 5.41) is 3.71. The molecule has 1 aromatic heterocycles. The Kier molecular flexibility index (Phi) is 3.03. The highest BCUT2D eigenvalue weighted by Gasteiger charge is 2.20. The van der Waals surface area contributed by atoms with Crippen molar-refractivity contribution in [1.82, 2.24) is 10.1 Å². The number of rotatable bonds is 3. The van der Waals surface area contributed by atoms with Gasteiger partial charge in [0, 0.05) is 17.5 Å². The molecular weight excluding hydrogens is 244 g/mol. The molecule has 2 aromatic rings. The summed E-state index contributed by atoms with van der Waals surface area (Å²) in [5.74, 6) is 1.96. The monoisotopic (exact) mass is 258 g/mol. The Bertz CT molecular complexity index is 619. The minimum absolute atomic E-state index is 0.195. The number of benzene rings is 1. The predicted octanol–water partition coefficient (Wildman–Crippen LogP) is 2.48. The van der Waals surface area contributed by atoms with Crippen LogP contribution in [0, 0.1) is 6.92 Å². The number of aromatic nitrogens is 2. The van der Waals surface area contributed by atoms with Gasteiger partial charge < -0.3 is 9.26 Å². The van der Waals surface area contributed by atoms with Gasteiger partial charge >= 0.3 is 0 Å². The molecule has 98 valence electrons. The van der Waals surface area contributed by atoms with Gasteiger partial charge in [0.2, 0.25) is 0 Å². The molecule has 1 aliphatic carbocycles. The molecular formula is C14H14N2O3. The Hall–Kier alpha value is -2.17. The minimum Gasteiger partial charge on any atom is -0.483 e. The van der Waals surface area contributed by atoms with E-state index in [9.17, 15) is 4.79 Å². The molecule has 0 atom stereocenters. The van der Waals surface area contributed by atoms with E-state index >= 15 is 0 Å². The summed E-state index contributed by atoms with van der Waals surface area (Å²) in [4.78, 5) is 15.9. The first kappa shape index (κ1) is 11.9. The van der Waals surface area contributed by atoms with Gasteiger partial charge in [0.05, 0.1) is 0 Å². The van der Waals surface area contributed by atoms with E-state index in [1.54, 1.807) is 6.92 Å². The average Bonchev–Trinajstić information content (AvgIpc) is 2.83. The smallest absolute Gasteiger partial charge is 0.264 e. The number of nitrogens with zero attached hydrogens (tertiary/aromatic N) is 2. The molecule has 0 saturated heterocycles. The molecule has 0 saturated carbocycles. The number of carbonyl (C=O) groups is 1. The zero-order valence-electron chi connectivity index (χ0n) is 10.7. The molecule has 0 amide bonds. The zero-order valence-corrected chi connectivity index (χ0v) is 10.7. The molecule has 1 heterocycles. The van der Waals surface area contributed by atoms with E-state index in [2.05, 4.69) is 10.1 Å². The summed E-state index contributed by atoms with van der Waals surface area (Å²) in [6.45, 7) is 1.99. The number of Topliss-reactive ketones (excluding diaryl/α,β-unsaturated/α-hetero) is 1. The lowest BCUT2D eigenvalue weighted by Gasteiger charge is -2.17. The Morgan fingerprint density at radius 2 is 2.26 bits per heavy atom. The first-order valence-electron chi connectivity index (χ1n) is 6.31. The van der Waals surface area contributed by atoms with E-state index in [1.807, 2.05) is 18.2 Å². The number of fused-ring (bicyclic) bond motifs is 1. The molecule has 0 aliphatic heterocycles. The van der Waals surface area contributed by atoms with Crippen LogP contribution in [0.5, 0.6) is 5.75 Å². The summed E-state index contributed by atoms with van der Waals surface area (Å²) in [6.07, 6.45) is 2.38. The van der Waals surface area contributed by atoms with E-state index in [0.29, 0.717) is 18.1 Å². The van der Waals surface area contributed by atoms with Crippen LogP contribution in [0.1, 0.15) is 40.5 Å². The second-order valence-electron chi connectivity index (χ2n) is 4.58. The van der Waals surface area contributed by atoms with Gasteiger partial charge in [0.15, 0.2) is 18.2 Å². The predicted molar refractivity (Wildman–Crippen MR) is 67.1 cm³/mol. The zero-order chi connectivity index (χ0) is 13.2. The lowest BCUT2D eigenvalue weighted by atomic mass is 9.90. The molecule has 0 fully saturated rings. The molecule has 19 heavy (non-hydrogen) atoms. The average molecular weight is 258 g/mol. The largest absolute Gasteiger partial charge is 0.483 e. The van der Waals surface area contributed by atoms with Crippen molar-refractivity contribution in [3.05, 3.63) is 41.0 Å². The van der Waals surface area contributed by atoms with Gasteiger partial charge in [-0.2, -0.15) is 4.98 Å². The Labute approximate surface area is 110 Å². The highest BCUT2D eigenvalue weighted by Crippen LogP contribution is 2.29. The number of aryl methyl sites for hydroxylation is 1. The molecule has 0 radical (unpaired) electrons. The molecule has 5 heteroatoms. The van der Waals surface area contributed by atoms with E-state index in [4.69, 9.17) is 9.26 Å². The normalized spacial score (nSPS) is 14.3. The third kappa shape index (κ3) is 2.36. The summed E-state index contributed by atoms with van der Waals surface area (Å²) in [6, 6.07) is 5.58. The van der Waals surface area contributed by atoms with Crippen molar-refractivity contribution in [2.75, 3.05) is 0 Å². The lowest BCUT2D eigenvalue weighted by molar-refractivity contribution is 0.0971. The van der Waals surface area contributed by atoms with Crippen molar-refractivity contribution in [1.29, 1.82) is 0 Å². The lowest BCUT2D eigenvalue weighted by Crippen LogP contribution is -2.12. The second kappa shape index (κ2) is 4.84. The third-order valence-corrected chi connectivity index (χ3v) is 3.18. The van der Waals surface area contributed by atoms with Crippen LogP contribution in [0.15, 0.2) is 22.7 Å². The Morgan fingerprint density at radius 1 is 1.37 bits per heavy atom. The molecule has 1 aromatic carbocycles. The summed E-state index contributed by atoms with van der Waals surface area (Å²) < 4.78 is 10.7. The van der Waals surface area contributed by atoms with Crippen molar-refractivity contribution in [2.45, 2.75) is 32.8 Å². The van der Waals surface area contributed by atoms with Crippen LogP contribution in [-0.2, 0) is 13.0 Å². The van der Waals surface area contributed by atoms with Gasteiger partial charge in [0.25, 0.3) is 5.89 Å². The highest BCUT2D eigenvalue weighted by atomic mass is 16.5. The van der Waals surface area contributed by atoms with Gasteiger partial charge in [-0.25, -0.2) is 0 Å². The van der Waals surface area contributed by atoms with Crippen molar-refractivity contribution < 1.29 is 14.1 Å². The quantitative estimate of drug-likeness (QED) is 0.846. The topological polar surface area (TPSA) is 65.2 Å². The standard InChI is InChI=1S/C14H14N2O3/c1-9-15-14(19-16-9)8-18-13-7-3-4-10-11(13)5-2-6-12(10)17/h3-4,7H,2,5-6,8H2,1H3. The van der Waals surface area contributed by atoms with Crippen LogP contribution < -0.4 is 4.74 Å². The van der Waals surface area contributed by atoms with Crippen LogP contribution >= 0.6 is 0 Å². The molecule has 1 aliphatic rings. The minimum atomic E-state index is 0.195. The van der Waals surface area contributed by atoms with Crippen molar-refractivity contribution >= 4 is 5.78 Å². The summed E-state index contributed by atoms with van der Waals surface area (Å²) in [7, 11) is 0. The number of ether oxygens (including phenoxy) is 1. The summed E-state index contributed by atoms with van der Waals surface area (Å²) in [5.41, 5.74) is 1.78. The fourth-order valence-electron chi connectivity index (χ4n) is 2.32. The fraction of sp³-hybridized carbons (Fsp3) is 0.357. The third-order valence-electron chi connectivity index (χ3n) is 3.18. The van der Waals surface area contributed by atoms with E-state index in [1.165, 1.54) is 0 Å². The van der Waals surface area contributed by atoms with Crippen LogP contribution in [-0.4, -0.2) is 15.9 Å². The van der Waals surface area contributed by atoms with Gasteiger partial charge in [-0.1, -0.05) is 17.3 Å². The van der Waals surface area contributed by atoms with Gasteiger partial charge in [-0.3, -0.25) is 4.79 Å². The maximum Gasteiger partial charge on any atom is 0.264 e. The first-order valence-corrected chi connectivity index (χ1v) is 6.31. The molecule has 0 spiro atoms. The molecule has 0 N–H and O–H groups in total. The summed E-state index contributed by atoms with van der Waals surface area (Å²) >= 11 is 0.